The van der Waals surface area contributed by atoms with Gasteiger partial charge in [0.05, 0.1) is 19.8 Å². The van der Waals surface area contributed by atoms with Crippen LogP contribution in [-0.2, 0) is 32.7 Å². The molecule has 52 heavy (non-hydrogen) atoms. The second-order valence-electron chi connectivity index (χ2n) is 12.6. The Kier molecular flexibility index (Phi) is 34.9. The third kappa shape index (κ3) is 35.8. The first-order chi connectivity index (χ1) is 25.2. The SMILES string of the molecule is CC/C=C\C/C=C\C/C=C\C/C=C\C/C=C\C/C=C\CCC(=O)OC(COC(=O)CCCCCCCCCCCC)COP(=O)(O)OCC(O)CO. The fraction of sp³-hybridized carbons (Fsp3) is 0.659. The number of ether oxygens (including phenoxy) is 2. The Hall–Kier alpha value is -2.59. The fourth-order valence-corrected chi connectivity index (χ4v) is 5.45. The topological polar surface area (TPSA) is 149 Å². The lowest BCUT2D eigenvalue weighted by Gasteiger charge is -2.20. The predicted molar refractivity (Wildman–Crippen MR) is 210 cm³/mol. The number of hydrogen-bond donors (Lipinski definition) is 3. The van der Waals surface area contributed by atoms with Gasteiger partial charge in [-0.15, -0.1) is 0 Å². The molecule has 0 fully saturated rings. The first-order valence-corrected chi connectivity index (χ1v) is 20.9. The Labute approximate surface area is 314 Å². The maximum Gasteiger partial charge on any atom is 0.472 e. The van der Waals surface area contributed by atoms with E-state index in [0.717, 1.165) is 57.8 Å². The Balaban J connectivity index is 4.50. The van der Waals surface area contributed by atoms with Crippen LogP contribution in [0.25, 0.3) is 0 Å². The molecule has 0 aromatic carbocycles. The van der Waals surface area contributed by atoms with E-state index in [1.54, 1.807) is 0 Å². The molecule has 0 aliphatic carbocycles. The van der Waals surface area contributed by atoms with Gasteiger partial charge in [-0.05, 0) is 51.4 Å². The van der Waals surface area contributed by atoms with Crippen LogP contribution in [0.4, 0.5) is 0 Å². The van der Waals surface area contributed by atoms with E-state index in [4.69, 9.17) is 19.1 Å². The summed E-state index contributed by atoms with van der Waals surface area (Å²) >= 11 is 0. The van der Waals surface area contributed by atoms with Crippen molar-refractivity contribution >= 4 is 19.8 Å². The quantitative estimate of drug-likeness (QED) is 0.0247. The Morgan fingerprint density at radius 2 is 1.06 bits per heavy atom. The minimum absolute atomic E-state index is 0.0567. The molecule has 11 heteroatoms. The van der Waals surface area contributed by atoms with Crippen LogP contribution in [0.3, 0.4) is 0 Å². The fourth-order valence-electron chi connectivity index (χ4n) is 4.66. The summed E-state index contributed by atoms with van der Waals surface area (Å²) < 4.78 is 32.5. The molecule has 10 nitrogen and oxygen atoms in total. The van der Waals surface area contributed by atoms with E-state index >= 15 is 0 Å². The molecule has 3 atom stereocenters. The van der Waals surface area contributed by atoms with E-state index in [9.17, 15) is 24.2 Å². The molecular weight excluding hydrogens is 683 g/mol. The maximum atomic E-state index is 12.5. The van der Waals surface area contributed by atoms with Crippen molar-refractivity contribution in [2.45, 2.75) is 148 Å². The highest BCUT2D eigenvalue weighted by Gasteiger charge is 2.27. The maximum absolute atomic E-state index is 12.5. The van der Waals surface area contributed by atoms with E-state index in [1.807, 2.05) is 12.2 Å². The van der Waals surface area contributed by atoms with Crippen molar-refractivity contribution in [3.05, 3.63) is 72.9 Å². The van der Waals surface area contributed by atoms with Crippen LogP contribution < -0.4 is 0 Å². The molecule has 0 saturated heterocycles. The lowest BCUT2D eigenvalue weighted by molar-refractivity contribution is -0.161. The largest absolute Gasteiger partial charge is 0.472 e. The third-order valence-electron chi connectivity index (χ3n) is 7.64. The van der Waals surface area contributed by atoms with Gasteiger partial charge >= 0.3 is 19.8 Å². The molecule has 3 unspecified atom stereocenters. The van der Waals surface area contributed by atoms with Gasteiger partial charge in [-0.1, -0.05) is 145 Å². The van der Waals surface area contributed by atoms with E-state index in [-0.39, 0.29) is 19.4 Å². The van der Waals surface area contributed by atoms with Crippen molar-refractivity contribution in [1.29, 1.82) is 0 Å². The van der Waals surface area contributed by atoms with Gasteiger partial charge < -0.3 is 24.6 Å². The number of carbonyl (C=O) groups is 2. The molecule has 0 amide bonds. The number of carbonyl (C=O) groups excluding carboxylic acids is 2. The van der Waals surface area contributed by atoms with Gasteiger partial charge in [-0.3, -0.25) is 18.6 Å². The zero-order valence-electron chi connectivity index (χ0n) is 32.0. The van der Waals surface area contributed by atoms with E-state index in [0.29, 0.717) is 12.8 Å². The van der Waals surface area contributed by atoms with Crippen LogP contribution in [0.2, 0.25) is 0 Å². The summed E-state index contributed by atoms with van der Waals surface area (Å²) in [5.41, 5.74) is 0. The van der Waals surface area contributed by atoms with Crippen molar-refractivity contribution in [1.82, 2.24) is 0 Å². The standard InChI is InChI=1S/C41H69O10P/c1-3-5-7-9-11-13-15-16-17-18-19-20-21-22-23-25-27-29-31-33-41(45)51-39(37-50-52(46,47)49-35-38(43)34-42)36-48-40(44)32-30-28-26-24-14-12-10-8-6-4-2/h5,7,11,13,16-17,19-20,22-23,27,29,38-39,42-43H,3-4,6,8-10,12,14-15,18,21,24-26,28,30-37H2,1-2H3,(H,46,47)/b7-5-,13-11-,17-16-,20-19-,23-22-,29-27-. The summed E-state index contributed by atoms with van der Waals surface area (Å²) in [6.07, 6.45) is 40.4. The molecule has 0 radical (unpaired) electrons. The molecule has 0 spiro atoms. The predicted octanol–water partition coefficient (Wildman–Crippen LogP) is 9.72. The van der Waals surface area contributed by atoms with Gasteiger partial charge in [0.15, 0.2) is 6.10 Å². The molecule has 0 heterocycles. The van der Waals surface area contributed by atoms with E-state index in [2.05, 4.69) is 79.1 Å². The van der Waals surface area contributed by atoms with Crippen molar-refractivity contribution in [2.75, 3.05) is 26.4 Å². The van der Waals surface area contributed by atoms with Crippen molar-refractivity contribution in [3.8, 4) is 0 Å². The third-order valence-corrected chi connectivity index (χ3v) is 8.59. The van der Waals surface area contributed by atoms with Gasteiger partial charge in [0.2, 0.25) is 0 Å². The molecule has 0 rings (SSSR count). The number of aliphatic hydroxyl groups is 2. The van der Waals surface area contributed by atoms with Crippen molar-refractivity contribution < 1.29 is 47.8 Å². The molecule has 0 aliphatic rings. The normalized spacial score (nSPS) is 14.8. The van der Waals surface area contributed by atoms with Gasteiger partial charge in [0.25, 0.3) is 0 Å². The Morgan fingerprint density at radius 1 is 0.596 bits per heavy atom. The molecule has 0 saturated carbocycles. The van der Waals surface area contributed by atoms with Crippen LogP contribution in [0.1, 0.15) is 136 Å². The van der Waals surface area contributed by atoms with Gasteiger partial charge in [0, 0.05) is 12.8 Å². The minimum atomic E-state index is -4.63. The number of esters is 2. The molecule has 0 aromatic rings. The minimum Gasteiger partial charge on any atom is -0.462 e. The van der Waals surface area contributed by atoms with Crippen LogP contribution in [0.5, 0.6) is 0 Å². The van der Waals surface area contributed by atoms with Gasteiger partial charge in [0.1, 0.15) is 12.7 Å². The van der Waals surface area contributed by atoms with Crippen LogP contribution >= 0.6 is 7.82 Å². The molecule has 0 bridgehead atoms. The molecule has 298 valence electrons. The highest BCUT2D eigenvalue weighted by Crippen LogP contribution is 2.43. The number of hydrogen-bond acceptors (Lipinski definition) is 9. The Morgan fingerprint density at radius 3 is 1.56 bits per heavy atom. The van der Waals surface area contributed by atoms with Crippen LogP contribution in [0, 0.1) is 0 Å². The van der Waals surface area contributed by atoms with Crippen LogP contribution in [0.15, 0.2) is 72.9 Å². The number of allylic oxidation sites excluding steroid dienone is 12. The highest BCUT2D eigenvalue weighted by atomic mass is 31.2. The summed E-state index contributed by atoms with van der Waals surface area (Å²) in [7, 11) is -4.63. The molecule has 0 aromatic heterocycles. The number of aliphatic hydroxyl groups excluding tert-OH is 2. The lowest BCUT2D eigenvalue weighted by atomic mass is 10.1. The lowest BCUT2D eigenvalue weighted by Crippen LogP contribution is -2.29. The van der Waals surface area contributed by atoms with Gasteiger partial charge in [-0.25, -0.2) is 4.57 Å². The first kappa shape index (κ1) is 49.4. The van der Waals surface area contributed by atoms with E-state index in [1.165, 1.54) is 38.5 Å². The van der Waals surface area contributed by atoms with Crippen molar-refractivity contribution in [3.63, 3.8) is 0 Å². The second-order valence-corrected chi connectivity index (χ2v) is 14.0. The van der Waals surface area contributed by atoms with Crippen LogP contribution in [-0.4, -0.2) is 65.7 Å². The van der Waals surface area contributed by atoms with Crippen molar-refractivity contribution in [2.24, 2.45) is 0 Å². The zero-order chi connectivity index (χ0) is 38.4. The zero-order valence-corrected chi connectivity index (χ0v) is 32.9. The average Bonchev–Trinajstić information content (AvgIpc) is 3.13. The number of unbranched alkanes of at least 4 members (excludes halogenated alkanes) is 9. The number of phosphoric ester groups is 1. The first-order valence-electron chi connectivity index (χ1n) is 19.4. The monoisotopic (exact) mass is 752 g/mol. The number of phosphoric acid groups is 1. The summed E-state index contributed by atoms with van der Waals surface area (Å²) in [5, 5.41) is 18.3. The highest BCUT2D eigenvalue weighted by molar-refractivity contribution is 7.47. The summed E-state index contributed by atoms with van der Waals surface area (Å²) in [6.45, 7) is 2.13. The summed E-state index contributed by atoms with van der Waals surface area (Å²) in [5.74, 6) is -1.03. The molecular formula is C41H69O10P. The molecule has 3 N–H and O–H groups in total. The number of rotatable bonds is 35. The second kappa shape index (κ2) is 36.8. The average molecular weight is 753 g/mol. The Bertz CT molecular complexity index is 1100. The van der Waals surface area contributed by atoms with E-state index < -0.39 is 51.8 Å². The smallest absolute Gasteiger partial charge is 0.462 e. The summed E-state index contributed by atoms with van der Waals surface area (Å²) in [4.78, 5) is 34.8. The van der Waals surface area contributed by atoms with Gasteiger partial charge in [-0.2, -0.15) is 0 Å². The molecule has 0 aliphatic heterocycles. The summed E-state index contributed by atoms with van der Waals surface area (Å²) in [6, 6.07) is 0.